The summed E-state index contributed by atoms with van der Waals surface area (Å²) in [4.78, 5) is 5.30. The van der Waals surface area contributed by atoms with Crippen LogP contribution >= 0.6 is 0 Å². The van der Waals surface area contributed by atoms with E-state index in [-0.39, 0.29) is 0 Å². The van der Waals surface area contributed by atoms with Gasteiger partial charge >= 0.3 is 0 Å². The molecule has 3 fully saturated rings. The van der Waals surface area contributed by atoms with Gasteiger partial charge in [0.05, 0.1) is 12.8 Å². The van der Waals surface area contributed by atoms with Crippen LogP contribution in [0, 0.1) is 11.8 Å². The van der Waals surface area contributed by atoms with E-state index in [0.717, 1.165) is 30.2 Å². The van der Waals surface area contributed by atoms with Gasteiger partial charge in [-0.05, 0) is 36.8 Å². The first-order chi connectivity index (χ1) is 8.38. The Morgan fingerprint density at radius 1 is 1.12 bits per heavy atom. The summed E-state index contributed by atoms with van der Waals surface area (Å²) < 4.78 is 5.43. The van der Waals surface area contributed by atoms with Crippen LogP contribution in [0.25, 0.3) is 0 Å². The summed E-state index contributed by atoms with van der Waals surface area (Å²) in [7, 11) is 0. The van der Waals surface area contributed by atoms with Crippen molar-refractivity contribution in [3.05, 3.63) is 24.2 Å². The molecule has 0 amide bonds. The normalized spacial score (nSPS) is 34.4. The second-order valence-corrected chi connectivity index (χ2v) is 5.98. The van der Waals surface area contributed by atoms with Crippen molar-refractivity contribution in [2.75, 3.05) is 26.2 Å². The quantitative estimate of drug-likeness (QED) is 0.792. The smallest absolute Gasteiger partial charge is 0.117 e. The third-order valence-corrected chi connectivity index (χ3v) is 4.61. The van der Waals surface area contributed by atoms with Crippen LogP contribution in [0.4, 0.5) is 0 Å². The average Bonchev–Trinajstić information content (AvgIpc) is 2.72. The number of rotatable bonds is 3. The number of likely N-dealkylation sites (tertiary alicyclic amines) is 2. The Bertz CT molecular complexity index is 371. The van der Waals surface area contributed by atoms with Gasteiger partial charge in [0.25, 0.3) is 0 Å². The van der Waals surface area contributed by atoms with Crippen molar-refractivity contribution in [2.24, 2.45) is 11.8 Å². The Kier molecular flexibility index (Phi) is 2.30. The first-order valence-electron chi connectivity index (χ1n) is 6.87. The number of hydrogen-bond donors (Lipinski definition) is 0. The second-order valence-electron chi connectivity index (χ2n) is 5.98. The van der Waals surface area contributed by atoms with Crippen LogP contribution in [0.15, 0.2) is 22.8 Å². The third kappa shape index (κ3) is 1.91. The van der Waals surface area contributed by atoms with Crippen molar-refractivity contribution >= 4 is 0 Å². The van der Waals surface area contributed by atoms with E-state index in [1.165, 1.54) is 39.0 Å². The van der Waals surface area contributed by atoms with Gasteiger partial charge in [0, 0.05) is 32.2 Å². The molecular weight excluding hydrogens is 212 g/mol. The molecule has 2 saturated heterocycles. The van der Waals surface area contributed by atoms with Crippen molar-refractivity contribution in [3.8, 4) is 0 Å². The number of fused-ring (bicyclic) bond motifs is 1. The molecule has 0 radical (unpaired) electrons. The number of nitrogens with zero attached hydrogens (tertiary/aromatic N) is 2. The van der Waals surface area contributed by atoms with Gasteiger partial charge in [0.2, 0.25) is 0 Å². The van der Waals surface area contributed by atoms with Gasteiger partial charge in [0.15, 0.2) is 0 Å². The molecule has 1 aliphatic carbocycles. The standard InChI is InChI=1S/C14H20N2O/c1-2-14(17-5-1)10-15-6-11-8-16(13-3-4-13)9-12(11)7-15/h1-2,5,11-13H,3-4,6-10H2. The minimum absolute atomic E-state index is 0.922. The molecule has 92 valence electrons. The molecule has 1 aromatic rings. The predicted molar refractivity (Wildman–Crippen MR) is 65.6 cm³/mol. The van der Waals surface area contributed by atoms with Gasteiger partial charge in [-0.25, -0.2) is 0 Å². The largest absolute Gasteiger partial charge is 0.468 e. The van der Waals surface area contributed by atoms with Crippen molar-refractivity contribution in [3.63, 3.8) is 0 Å². The van der Waals surface area contributed by atoms with Crippen LogP contribution in [0.5, 0.6) is 0 Å². The van der Waals surface area contributed by atoms with E-state index in [4.69, 9.17) is 4.42 Å². The molecule has 0 bridgehead atoms. The highest BCUT2D eigenvalue weighted by molar-refractivity contribution is 5.02. The molecule has 4 rings (SSSR count). The van der Waals surface area contributed by atoms with E-state index in [1.807, 2.05) is 6.07 Å². The maximum atomic E-state index is 5.43. The fraction of sp³-hybridized carbons (Fsp3) is 0.714. The Hall–Kier alpha value is -0.800. The zero-order valence-electron chi connectivity index (χ0n) is 10.2. The molecular formula is C14H20N2O. The van der Waals surface area contributed by atoms with Gasteiger partial charge in [-0.2, -0.15) is 0 Å². The van der Waals surface area contributed by atoms with Crippen LogP contribution in [0.2, 0.25) is 0 Å². The summed E-state index contributed by atoms with van der Waals surface area (Å²) >= 11 is 0. The molecule has 1 saturated carbocycles. The molecule has 3 aliphatic rings. The molecule has 3 nitrogen and oxygen atoms in total. The maximum absolute atomic E-state index is 5.43. The first-order valence-corrected chi connectivity index (χ1v) is 6.87. The SMILES string of the molecule is c1coc(CN2CC3CN(C4CC4)CC3C2)c1. The summed E-state index contributed by atoms with van der Waals surface area (Å²) in [6.45, 7) is 6.25. The number of hydrogen-bond acceptors (Lipinski definition) is 3. The molecule has 2 atom stereocenters. The molecule has 3 heterocycles. The van der Waals surface area contributed by atoms with Crippen molar-refractivity contribution in [1.29, 1.82) is 0 Å². The fourth-order valence-electron chi connectivity index (χ4n) is 3.62. The minimum Gasteiger partial charge on any atom is -0.468 e. The third-order valence-electron chi connectivity index (χ3n) is 4.61. The summed E-state index contributed by atoms with van der Waals surface area (Å²) in [5.41, 5.74) is 0. The fourth-order valence-corrected chi connectivity index (χ4v) is 3.62. The van der Waals surface area contributed by atoms with Crippen LogP contribution < -0.4 is 0 Å². The van der Waals surface area contributed by atoms with Crippen LogP contribution in [-0.4, -0.2) is 42.0 Å². The van der Waals surface area contributed by atoms with Crippen LogP contribution in [0.3, 0.4) is 0 Å². The predicted octanol–water partition coefficient (Wildman–Crippen LogP) is 1.81. The van der Waals surface area contributed by atoms with E-state index >= 15 is 0 Å². The molecule has 2 unspecified atom stereocenters. The molecule has 3 heteroatoms. The van der Waals surface area contributed by atoms with Crippen LogP contribution in [0.1, 0.15) is 18.6 Å². The van der Waals surface area contributed by atoms with Crippen molar-refractivity contribution < 1.29 is 4.42 Å². The van der Waals surface area contributed by atoms with Crippen molar-refractivity contribution in [2.45, 2.75) is 25.4 Å². The Labute approximate surface area is 102 Å². The van der Waals surface area contributed by atoms with Gasteiger partial charge in [-0.3, -0.25) is 9.80 Å². The monoisotopic (exact) mass is 232 g/mol. The van der Waals surface area contributed by atoms with Gasteiger partial charge < -0.3 is 4.42 Å². The lowest BCUT2D eigenvalue weighted by atomic mass is 10.0. The molecule has 1 aromatic heterocycles. The lowest BCUT2D eigenvalue weighted by Crippen LogP contribution is -2.29. The highest BCUT2D eigenvalue weighted by Crippen LogP contribution is 2.38. The highest BCUT2D eigenvalue weighted by atomic mass is 16.3. The topological polar surface area (TPSA) is 19.6 Å². The highest BCUT2D eigenvalue weighted by Gasteiger charge is 2.44. The Morgan fingerprint density at radius 3 is 2.47 bits per heavy atom. The molecule has 0 aromatic carbocycles. The van der Waals surface area contributed by atoms with Crippen LogP contribution in [-0.2, 0) is 6.54 Å². The average molecular weight is 232 g/mol. The summed E-state index contributed by atoms with van der Waals surface area (Å²) in [6.07, 6.45) is 4.69. The lowest BCUT2D eigenvalue weighted by molar-refractivity contribution is 0.234. The zero-order valence-corrected chi connectivity index (χ0v) is 10.2. The Balaban J connectivity index is 1.35. The second kappa shape index (κ2) is 3.85. The van der Waals surface area contributed by atoms with E-state index in [2.05, 4.69) is 15.9 Å². The van der Waals surface area contributed by atoms with Crippen molar-refractivity contribution in [1.82, 2.24) is 9.80 Å². The van der Waals surface area contributed by atoms with Gasteiger partial charge in [-0.1, -0.05) is 0 Å². The van der Waals surface area contributed by atoms with E-state index < -0.39 is 0 Å². The van der Waals surface area contributed by atoms with Gasteiger partial charge in [-0.15, -0.1) is 0 Å². The summed E-state index contributed by atoms with van der Waals surface area (Å²) in [5, 5.41) is 0. The lowest BCUT2D eigenvalue weighted by Gasteiger charge is -2.20. The van der Waals surface area contributed by atoms with E-state index in [0.29, 0.717) is 0 Å². The van der Waals surface area contributed by atoms with Gasteiger partial charge in [0.1, 0.15) is 5.76 Å². The molecule has 0 N–H and O–H groups in total. The summed E-state index contributed by atoms with van der Waals surface area (Å²) in [5.74, 6) is 2.96. The van der Waals surface area contributed by atoms with E-state index in [9.17, 15) is 0 Å². The first kappa shape index (κ1) is 10.2. The van der Waals surface area contributed by atoms with E-state index in [1.54, 1.807) is 6.26 Å². The summed E-state index contributed by atoms with van der Waals surface area (Å²) in [6, 6.07) is 5.03. The Morgan fingerprint density at radius 2 is 1.88 bits per heavy atom. The number of furan rings is 1. The molecule has 0 spiro atoms. The maximum Gasteiger partial charge on any atom is 0.117 e. The molecule has 17 heavy (non-hydrogen) atoms. The minimum atomic E-state index is 0.922. The molecule has 2 aliphatic heterocycles. The zero-order chi connectivity index (χ0) is 11.2.